The third-order valence-corrected chi connectivity index (χ3v) is 3.01. The molecule has 96 valence electrons. The standard InChI is InChI=1S/C15H20N2O/c1-11-10-13-7-3-4-8-14(13)17-15(11)16-9-5-6-12(2)18/h3-4,7-8,10,12,18H,5-6,9H2,1-2H3,(H,16,17). The molecule has 1 aromatic carbocycles. The Morgan fingerprint density at radius 3 is 2.89 bits per heavy atom. The summed E-state index contributed by atoms with van der Waals surface area (Å²) in [5, 5.41) is 13.7. The Balaban J connectivity index is 2.06. The Bertz CT molecular complexity index is 523. The highest BCUT2D eigenvalue weighted by Crippen LogP contribution is 2.19. The summed E-state index contributed by atoms with van der Waals surface area (Å²) in [6.45, 7) is 4.73. The van der Waals surface area contributed by atoms with E-state index in [2.05, 4.69) is 29.4 Å². The van der Waals surface area contributed by atoms with Crippen LogP contribution >= 0.6 is 0 Å². The molecule has 0 aliphatic carbocycles. The molecule has 1 aromatic heterocycles. The molecule has 0 bridgehead atoms. The largest absolute Gasteiger partial charge is 0.393 e. The van der Waals surface area contributed by atoms with Crippen molar-refractivity contribution in [2.24, 2.45) is 0 Å². The van der Waals surface area contributed by atoms with E-state index in [4.69, 9.17) is 0 Å². The van der Waals surface area contributed by atoms with Crippen molar-refractivity contribution in [3.05, 3.63) is 35.9 Å². The Labute approximate surface area is 108 Å². The quantitative estimate of drug-likeness (QED) is 0.794. The SMILES string of the molecule is Cc1cc2ccccc2nc1NCCCC(C)O. The number of nitrogens with one attached hydrogen (secondary N) is 1. The van der Waals surface area contributed by atoms with Crippen LogP contribution in [0.5, 0.6) is 0 Å². The van der Waals surface area contributed by atoms with Crippen LogP contribution in [-0.4, -0.2) is 22.7 Å². The van der Waals surface area contributed by atoms with Crippen molar-refractivity contribution in [2.75, 3.05) is 11.9 Å². The predicted octanol–water partition coefficient (Wildman–Crippen LogP) is 3.12. The van der Waals surface area contributed by atoms with Gasteiger partial charge in [-0.15, -0.1) is 0 Å². The van der Waals surface area contributed by atoms with Crippen molar-refractivity contribution in [1.29, 1.82) is 0 Å². The lowest BCUT2D eigenvalue weighted by Crippen LogP contribution is -2.08. The molecule has 1 unspecified atom stereocenters. The highest BCUT2D eigenvalue weighted by Gasteiger charge is 2.02. The number of fused-ring (bicyclic) bond motifs is 1. The van der Waals surface area contributed by atoms with E-state index in [0.29, 0.717) is 0 Å². The summed E-state index contributed by atoms with van der Waals surface area (Å²) in [7, 11) is 0. The summed E-state index contributed by atoms with van der Waals surface area (Å²) in [5.74, 6) is 0.944. The van der Waals surface area contributed by atoms with E-state index in [9.17, 15) is 5.11 Å². The van der Waals surface area contributed by atoms with Crippen LogP contribution in [0.3, 0.4) is 0 Å². The molecule has 0 saturated heterocycles. The van der Waals surface area contributed by atoms with E-state index in [0.717, 1.165) is 36.3 Å². The average Bonchev–Trinajstić information content (AvgIpc) is 2.34. The van der Waals surface area contributed by atoms with E-state index in [-0.39, 0.29) is 6.10 Å². The van der Waals surface area contributed by atoms with Gasteiger partial charge in [0.05, 0.1) is 11.6 Å². The molecule has 1 heterocycles. The first-order valence-corrected chi connectivity index (χ1v) is 6.45. The van der Waals surface area contributed by atoms with Gasteiger partial charge >= 0.3 is 0 Å². The Kier molecular flexibility index (Phi) is 4.15. The highest BCUT2D eigenvalue weighted by atomic mass is 16.3. The third kappa shape index (κ3) is 3.20. The number of para-hydroxylation sites is 1. The maximum absolute atomic E-state index is 9.20. The monoisotopic (exact) mass is 244 g/mol. The number of hydrogen-bond acceptors (Lipinski definition) is 3. The van der Waals surface area contributed by atoms with Crippen molar-refractivity contribution in [3.8, 4) is 0 Å². The Hall–Kier alpha value is -1.61. The van der Waals surface area contributed by atoms with Gasteiger partial charge < -0.3 is 10.4 Å². The number of aliphatic hydroxyl groups is 1. The summed E-state index contributed by atoms with van der Waals surface area (Å²) in [6.07, 6.45) is 1.54. The zero-order chi connectivity index (χ0) is 13.0. The van der Waals surface area contributed by atoms with E-state index >= 15 is 0 Å². The number of nitrogens with zero attached hydrogens (tertiary/aromatic N) is 1. The fourth-order valence-electron chi connectivity index (χ4n) is 2.00. The summed E-state index contributed by atoms with van der Waals surface area (Å²) in [6, 6.07) is 10.3. The van der Waals surface area contributed by atoms with Crippen molar-refractivity contribution in [3.63, 3.8) is 0 Å². The molecule has 18 heavy (non-hydrogen) atoms. The average molecular weight is 244 g/mol. The van der Waals surface area contributed by atoms with Crippen molar-refractivity contribution in [2.45, 2.75) is 32.8 Å². The highest BCUT2D eigenvalue weighted by molar-refractivity contribution is 5.81. The van der Waals surface area contributed by atoms with Crippen molar-refractivity contribution in [1.82, 2.24) is 4.98 Å². The minimum atomic E-state index is -0.225. The number of rotatable bonds is 5. The molecule has 2 N–H and O–H groups in total. The molecule has 0 fully saturated rings. The molecule has 0 aliphatic rings. The van der Waals surface area contributed by atoms with Crippen LogP contribution in [0, 0.1) is 6.92 Å². The number of anilines is 1. The van der Waals surface area contributed by atoms with Gasteiger partial charge in [-0.05, 0) is 44.4 Å². The summed E-state index contributed by atoms with van der Waals surface area (Å²) in [4.78, 5) is 4.62. The molecule has 2 rings (SSSR count). The molecule has 0 amide bonds. The fraction of sp³-hybridized carbons (Fsp3) is 0.400. The molecular formula is C15H20N2O. The van der Waals surface area contributed by atoms with Gasteiger partial charge in [0, 0.05) is 11.9 Å². The van der Waals surface area contributed by atoms with Gasteiger partial charge in [-0.1, -0.05) is 18.2 Å². The lowest BCUT2D eigenvalue weighted by Gasteiger charge is -2.10. The topological polar surface area (TPSA) is 45.2 Å². The second kappa shape index (κ2) is 5.83. The first-order valence-electron chi connectivity index (χ1n) is 6.45. The van der Waals surface area contributed by atoms with E-state index in [1.165, 1.54) is 5.39 Å². The van der Waals surface area contributed by atoms with E-state index in [1.807, 2.05) is 25.1 Å². The van der Waals surface area contributed by atoms with Crippen LogP contribution in [0.15, 0.2) is 30.3 Å². The lowest BCUT2D eigenvalue weighted by molar-refractivity contribution is 0.183. The van der Waals surface area contributed by atoms with E-state index in [1.54, 1.807) is 0 Å². The fourth-order valence-corrected chi connectivity index (χ4v) is 2.00. The van der Waals surface area contributed by atoms with Crippen LogP contribution in [0.25, 0.3) is 10.9 Å². The molecule has 3 heteroatoms. The zero-order valence-electron chi connectivity index (χ0n) is 11.0. The van der Waals surface area contributed by atoms with Gasteiger partial charge in [0.2, 0.25) is 0 Å². The first-order chi connectivity index (χ1) is 8.66. The molecule has 0 radical (unpaired) electrons. The second-order valence-corrected chi connectivity index (χ2v) is 4.76. The normalized spacial score (nSPS) is 12.6. The van der Waals surface area contributed by atoms with Gasteiger partial charge in [0.25, 0.3) is 0 Å². The van der Waals surface area contributed by atoms with E-state index < -0.39 is 0 Å². The lowest BCUT2D eigenvalue weighted by atomic mass is 10.1. The van der Waals surface area contributed by atoms with Gasteiger partial charge in [-0.25, -0.2) is 4.98 Å². The van der Waals surface area contributed by atoms with Crippen LogP contribution < -0.4 is 5.32 Å². The minimum Gasteiger partial charge on any atom is -0.393 e. The Morgan fingerprint density at radius 1 is 1.33 bits per heavy atom. The molecular weight excluding hydrogens is 224 g/mol. The van der Waals surface area contributed by atoms with Crippen LogP contribution in [-0.2, 0) is 0 Å². The van der Waals surface area contributed by atoms with Crippen LogP contribution in [0.2, 0.25) is 0 Å². The maximum Gasteiger partial charge on any atom is 0.129 e. The smallest absolute Gasteiger partial charge is 0.129 e. The number of pyridine rings is 1. The first kappa shape index (κ1) is 12.8. The number of aromatic nitrogens is 1. The summed E-state index contributed by atoms with van der Waals surface area (Å²) >= 11 is 0. The van der Waals surface area contributed by atoms with Crippen molar-refractivity contribution < 1.29 is 5.11 Å². The molecule has 0 spiro atoms. The number of aryl methyl sites for hydroxylation is 1. The Morgan fingerprint density at radius 2 is 2.11 bits per heavy atom. The predicted molar refractivity (Wildman–Crippen MR) is 75.9 cm³/mol. The second-order valence-electron chi connectivity index (χ2n) is 4.76. The number of benzene rings is 1. The van der Waals surface area contributed by atoms with Gasteiger partial charge in [0.15, 0.2) is 0 Å². The third-order valence-electron chi connectivity index (χ3n) is 3.01. The summed E-state index contributed by atoms with van der Waals surface area (Å²) in [5.41, 5.74) is 2.17. The van der Waals surface area contributed by atoms with Crippen LogP contribution in [0.1, 0.15) is 25.3 Å². The minimum absolute atomic E-state index is 0.225. The van der Waals surface area contributed by atoms with Gasteiger partial charge in [-0.2, -0.15) is 0 Å². The zero-order valence-corrected chi connectivity index (χ0v) is 11.0. The number of aliphatic hydroxyl groups excluding tert-OH is 1. The molecule has 2 aromatic rings. The van der Waals surface area contributed by atoms with Gasteiger partial charge in [0.1, 0.15) is 5.82 Å². The van der Waals surface area contributed by atoms with Crippen molar-refractivity contribution >= 4 is 16.7 Å². The maximum atomic E-state index is 9.20. The number of hydrogen-bond donors (Lipinski definition) is 2. The molecule has 0 saturated carbocycles. The van der Waals surface area contributed by atoms with Gasteiger partial charge in [-0.3, -0.25) is 0 Å². The molecule has 1 atom stereocenters. The summed E-state index contributed by atoms with van der Waals surface area (Å²) < 4.78 is 0. The molecule has 3 nitrogen and oxygen atoms in total. The van der Waals surface area contributed by atoms with Crippen LogP contribution in [0.4, 0.5) is 5.82 Å². The molecule has 0 aliphatic heterocycles.